The van der Waals surface area contributed by atoms with Crippen LogP contribution in [-0.2, 0) is 14.6 Å². The molecular formula is C12H17NO5S. The predicted octanol–water partition coefficient (Wildman–Crippen LogP) is -0.173. The quantitative estimate of drug-likeness (QED) is 0.757. The number of benzene rings is 1. The molecule has 0 aliphatic rings. The van der Waals surface area contributed by atoms with Gasteiger partial charge in [0.1, 0.15) is 0 Å². The number of hydrogen-bond donors (Lipinski definition) is 2. The van der Waals surface area contributed by atoms with Crippen molar-refractivity contribution >= 4 is 15.7 Å². The Kier molecular flexibility index (Phi) is 5.46. The maximum Gasteiger partial charge on any atom is 0.251 e. The Balaban J connectivity index is 2.64. The van der Waals surface area contributed by atoms with Gasteiger partial charge < -0.3 is 15.2 Å². The standard InChI is InChI=1S/C12H17NO5S/c1-18-8-10(14)7-13-12(15)9-3-5-11(6-4-9)19(2,16)17/h3-6,10,14H,7-8H2,1-2H3,(H,13,15). The average Bonchev–Trinajstić information content (AvgIpc) is 2.35. The summed E-state index contributed by atoms with van der Waals surface area (Å²) >= 11 is 0. The zero-order valence-corrected chi connectivity index (χ0v) is 11.6. The fourth-order valence-electron chi connectivity index (χ4n) is 1.42. The molecule has 106 valence electrons. The van der Waals surface area contributed by atoms with Gasteiger partial charge in [-0.3, -0.25) is 4.79 Å². The van der Waals surface area contributed by atoms with Gasteiger partial charge in [0.15, 0.2) is 9.84 Å². The van der Waals surface area contributed by atoms with E-state index < -0.39 is 15.9 Å². The number of carbonyl (C=O) groups is 1. The molecule has 0 spiro atoms. The predicted molar refractivity (Wildman–Crippen MR) is 69.8 cm³/mol. The molecule has 19 heavy (non-hydrogen) atoms. The highest BCUT2D eigenvalue weighted by atomic mass is 32.2. The van der Waals surface area contributed by atoms with Crippen molar-refractivity contribution in [3.8, 4) is 0 Å². The Labute approximate surface area is 112 Å². The number of sulfone groups is 1. The molecule has 0 aromatic heterocycles. The van der Waals surface area contributed by atoms with Crippen LogP contribution in [0.25, 0.3) is 0 Å². The van der Waals surface area contributed by atoms with Crippen LogP contribution in [-0.4, -0.2) is 52.1 Å². The maximum atomic E-state index is 11.7. The van der Waals surface area contributed by atoms with Crippen molar-refractivity contribution in [3.05, 3.63) is 29.8 Å². The van der Waals surface area contributed by atoms with Crippen LogP contribution in [0.4, 0.5) is 0 Å². The van der Waals surface area contributed by atoms with Crippen LogP contribution in [0.15, 0.2) is 29.2 Å². The number of aliphatic hydroxyl groups is 1. The van der Waals surface area contributed by atoms with E-state index in [1.807, 2.05) is 0 Å². The molecule has 0 saturated carbocycles. The number of carbonyl (C=O) groups excluding carboxylic acids is 1. The fraction of sp³-hybridized carbons (Fsp3) is 0.417. The second kappa shape index (κ2) is 6.65. The van der Waals surface area contributed by atoms with E-state index in [4.69, 9.17) is 4.74 Å². The van der Waals surface area contributed by atoms with Crippen LogP contribution in [0.1, 0.15) is 10.4 Å². The van der Waals surface area contributed by atoms with Gasteiger partial charge in [-0.2, -0.15) is 0 Å². The van der Waals surface area contributed by atoms with Gasteiger partial charge in [-0.1, -0.05) is 0 Å². The zero-order valence-electron chi connectivity index (χ0n) is 10.8. The van der Waals surface area contributed by atoms with Gasteiger partial charge in [-0.15, -0.1) is 0 Å². The summed E-state index contributed by atoms with van der Waals surface area (Å²) in [5, 5.41) is 11.9. The minimum Gasteiger partial charge on any atom is -0.389 e. The van der Waals surface area contributed by atoms with E-state index in [0.717, 1.165) is 6.26 Å². The summed E-state index contributed by atoms with van der Waals surface area (Å²) in [6.07, 6.45) is 0.327. The van der Waals surface area contributed by atoms with Crippen molar-refractivity contribution in [3.63, 3.8) is 0 Å². The highest BCUT2D eigenvalue weighted by Crippen LogP contribution is 2.10. The molecule has 0 fully saturated rings. The molecule has 0 bridgehead atoms. The third kappa shape index (κ3) is 4.98. The van der Waals surface area contributed by atoms with E-state index in [0.29, 0.717) is 5.56 Å². The van der Waals surface area contributed by atoms with Crippen LogP contribution in [0.3, 0.4) is 0 Å². The summed E-state index contributed by atoms with van der Waals surface area (Å²) in [7, 11) is -1.81. The normalized spacial score (nSPS) is 13.0. The molecular weight excluding hydrogens is 270 g/mol. The summed E-state index contributed by atoms with van der Waals surface area (Å²) in [6.45, 7) is 0.202. The fourth-order valence-corrected chi connectivity index (χ4v) is 2.05. The lowest BCUT2D eigenvalue weighted by Crippen LogP contribution is -2.34. The third-order valence-electron chi connectivity index (χ3n) is 2.40. The Morgan fingerprint density at radius 2 is 1.95 bits per heavy atom. The van der Waals surface area contributed by atoms with Crippen LogP contribution >= 0.6 is 0 Å². The number of rotatable bonds is 6. The van der Waals surface area contributed by atoms with Gasteiger partial charge in [-0.25, -0.2) is 8.42 Å². The molecule has 2 N–H and O–H groups in total. The Hall–Kier alpha value is -1.44. The maximum absolute atomic E-state index is 11.7. The molecule has 1 unspecified atom stereocenters. The number of hydrogen-bond acceptors (Lipinski definition) is 5. The van der Waals surface area contributed by atoms with Crippen LogP contribution in [0.5, 0.6) is 0 Å². The number of amides is 1. The smallest absolute Gasteiger partial charge is 0.251 e. The van der Waals surface area contributed by atoms with Gasteiger partial charge >= 0.3 is 0 Å². The van der Waals surface area contributed by atoms with Crippen molar-refractivity contribution < 1.29 is 23.1 Å². The average molecular weight is 287 g/mol. The molecule has 6 nitrogen and oxygen atoms in total. The van der Waals surface area contributed by atoms with Gasteiger partial charge in [0.05, 0.1) is 17.6 Å². The number of nitrogens with one attached hydrogen (secondary N) is 1. The third-order valence-corrected chi connectivity index (χ3v) is 3.53. The minimum atomic E-state index is -3.27. The molecule has 7 heteroatoms. The Morgan fingerprint density at radius 3 is 2.42 bits per heavy atom. The van der Waals surface area contributed by atoms with Crippen molar-refractivity contribution in [2.75, 3.05) is 26.5 Å². The summed E-state index contributed by atoms with van der Waals surface area (Å²) in [5.74, 6) is -0.379. The van der Waals surface area contributed by atoms with Gasteiger partial charge in [-0.05, 0) is 24.3 Å². The Bertz CT molecular complexity index is 524. The van der Waals surface area contributed by atoms with Gasteiger partial charge in [0, 0.05) is 25.5 Å². The first kappa shape index (κ1) is 15.6. The highest BCUT2D eigenvalue weighted by molar-refractivity contribution is 7.90. The SMILES string of the molecule is COCC(O)CNC(=O)c1ccc(S(C)(=O)=O)cc1. The first-order valence-electron chi connectivity index (χ1n) is 5.60. The molecule has 1 amide bonds. The number of ether oxygens (including phenoxy) is 1. The first-order valence-corrected chi connectivity index (χ1v) is 7.49. The van der Waals surface area contributed by atoms with Crippen molar-refractivity contribution in [2.24, 2.45) is 0 Å². The molecule has 0 aliphatic carbocycles. The van der Waals surface area contributed by atoms with Crippen molar-refractivity contribution in [2.45, 2.75) is 11.0 Å². The van der Waals surface area contributed by atoms with Gasteiger partial charge in [0.2, 0.25) is 0 Å². The lowest BCUT2D eigenvalue weighted by atomic mass is 10.2. The molecule has 0 heterocycles. The first-order chi connectivity index (χ1) is 8.84. The van der Waals surface area contributed by atoms with Crippen LogP contribution in [0.2, 0.25) is 0 Å². The van der Waals surface area contributed by atoms with Crippen LogP contribution in [0, 0.1) is 0 Å². The molecule has 1 aromatic rings. The molecule has 1 aromatic carbocycles. The van der Waals surface area contributed by atoms with Crippen LogP contribution < -0.4 is 5.32 Å². The summed E-state index contributed by atoms with van der Waals surface area (Å²) in [4.78, 5) is 11.9. The topological polar surface area (TPSA) is 92.7 Å². The van der Waals surface area contributed by atoms with E-state index in [1.165, 1.54) is 31.4 Å². The molecule has 0 aliphatic heterocycles. The minimum absolute atomic E-state index is 0.0699. The number of aliphatic hydroxyl groups excluding tert-OH is 1. The van der Waals surface area contributed by atoms with E-state index in [-0.39, 0.29) is 24.0 Å². The van der Waals surface area contributed by atoms with Crippen molar-refractivity contribution in [1.29, 1.82) is 0 Å². The summed E-state index contributed by atoms with van der Waals surface area (Å²) < 4.78 is 27.2. The molecule has 1 atom stereocenters. The zero-order chi connectivity index (χ0) is 14.5. The lowest BCUT2D eigenvalue weighted by Gasteiger charge is -2.10. The van der Waals surface area contributed by atoms with E-state index >= 15 is 0 Å². The second-order valence-corrected chi connectivity index (χ2v) is 6.13. The summed E-state index contributed by atoms with van der Waals surface area (Å²) in [6, 6.07) is 5.59. The highest BCUT2D eigenvalue weighted by Gasteiger charge is 2.11. The lowest BCUT2D eigenvalue weighted by molar-refractivity contribution is 0.0610. The van der Waals surface area contributed by atoms with E-state index in [2.05, 4.69) is 5.32 Å². The Morgan fingerprint density at radius 1 is 1.37 bits per heavy atom. The summed E-state index contributed by atoms with van der Waals surface area (Å²) in [5.41, 5.74) is 0.331. The monoisotopic (exact) mass is 287 g/mol. The molecule has 0 saturated heterocycles. The molecule has 0 radical (unpaired) electrons. The van der Waals surface area contributed by atoms with E-state index in [9.17, 15) is 18.3 Å². The van der Waals surface area contributed by atoms with Gasteiger partial charge in [0.25, 0.3) is 5.91 Å². The molecule has 1 rings (SSSR count). The second-order valence-electron chi connectivity index (χ2n) is 4.12. The van der Waals surface area contributed by atoms with E-state index in [1.54, 1.807) is 0 Å². The van der Waals surface area contributed by atoms with Crippen molar-refractivity contribution in [1.82, 2.24) is 5.32 Å². The largest absolute Gasteiger partial charge is 0.389 e. The number of methoxy groups -OCH3 is 1.